The van der Waals surface area contributed by atoms with E-state index in [-0.39, 0.29) is 5.56 Å². The third kappa shape index (κ3) is 4.44. The highest BCUT2D eigenvalue weighted by Gasteiger charge is 2.22. The number of likely N-dealkylation sites (tertiary alicyclic amines) is 2. The van der Waals surface area contributed by atoms with Crippen LogP contribution in [0.5, 0.6) is 0 Å². The van der Waals surface area contributed by atoms with Crippen LogP contribution in [0.2, 0.25) is 0 Å². The summed E-state index contributed by atoms with van der Waals surface area (Å²) in [5, 5.41) is 4.34. The van der Waals surface area contributed by atoms with Crippen LogP contribution in [-0.4, -0.2) is 58.2 Å². The fourth-order valence-electron chi connectivity index (χ4n) is 3.68. The molecule has 132 valence electrons. The Hall–Kier alpha value is -1.69. The summed E-state index contributed by atoms with van der Waals surface area (Å²) in [5.74, 6) is 0.839. The van der Waals surface area contributed by atoms with Gasteiger partial charge in [-0.1, -0.05) is 0 Å². The van der Waals surface area contributed by atoms with E-state index in [1.165, 1.54) is 0 Å². The molecular formula is C18H28N4O2. The average molecular weight is 332 g/mol. The highest BCUT2D eigenvalue weighted by Crippen LogP contribution is 2.18. The molecule has 1 aromatic rings. The molecule has 3 heterocycles. The zero-order chi connectivity index (χ0) is 16.9. The van der Waals surface area contributed by atoms with Crippen LogP contribution in [-0.2, 0) is 11.3 Å². The van der Waals surface area contributed by atoms with Crippen LogP contribution in [0.3, 0.4) is 0 Å². The van der Waals surface area contributed by atoms with Crippen molar-refractivity contribution in [2.45, 2.75) is 45.6 Å². The number of rotatable bonds is 5. The predicted molar refractivity (Wildman–Crippen MR) is 92.8 cm³/mol. The van der Waals surface area contributed by atoms with Crippen LogP contribution in [0.4, 0.5) is 0 Å². The Morgan fingerprint density at radius 1 is 1.08 bits per heavy atom. The molecule has 6 nitrogen and oxygen atoms in total. The second kappa shape index (κ2) is 7.92. The first-order valence-electron chi connectivity index (χ1n) is 9.17. The maximum atomic E-state index is 11.9. The quantitative estimate of drug-likeness (QED) is 0.815. The van der Waals surface area contributed by atoms with E-state index in [9.17, 15) is 9.59 Å². The van der Waals surface area contributed by atoms with E-state index in [2.05, 4.69) is 10.00 Å². The van der Waals surface area contributed by atoms with Crippen molar-refractivity contribution in [2.75, 3.05) is 32.7 Å². The van der Waals surface area contributed by atoms with Crippen molar-refractivity contribution in [3.05, 3.63) is 28.2 Å². The van der Waals surface area contributed by atoms with Gasteiger partial charge in [0.1, 0.15) is 0 Å². The van der Waals surface area contributed by atoms with Gasteiger partial charge in [0.05, 0.1) is 5.69 Å². The van der Waals surface area contributed by atoms with Crippen LogP contribution >= 0.6 is 0 Å². The van der Waals surface area contributed by atoms with Crippen molar-refractivity contribution in [1.29, 1.82) is 0 Å². The Morgan fingerprint density at radius 2 is 1.88 bits per heavy atom. The number of aromatic nitrogens is 2. The number of carbonyl (C=O) groups excluding carboxylic acids is 1. The first-order valence-corrected chi connectivity index (χ1v) is 9.17. The van der Waals surface area contributed by atoms with Crippen molar-refractivity contribution in [1.82, 2.24) is 19.6 Å². The number of piperidine rings is 2. The molecule has 24 heavy (non-hydrogen) atoms. The van der Waals surface area contributed by atoms with E-state index < -0.39 is 0 Å². The molecule has 6 heteroatoms. The Kier molecular flexibility index (Phi) is 5.66. The summed E-state index contributed by atoms with van der Waals surface area (Å²) in [6.45, 7) is 7.50. The van der Waals surface area contributed by atoms with Gasteiger partial charge >= 0.3 is 0 Å². The van der Waals surface area contributed by atoms with E-state index >= 15 is 0 Å². The normalized spacial score (nSPS) is 20.5. The second-order valence-electron chi connectivity index (χ2n) is 7.12. The monoisotopic (exact) mass is 332 g/mol. The lowest BCUT2D eigenvalue weighted by Gasteiger charge is -2.34. The zero-order valence-corrected chi connectivity index (χ0v) is 14.6. The van der Waals surface area contributed by atoms with Gasteiger partial charge in [-0.15, -0.1) is 0 Å². The van der Waals surface area contributed by atoms with Gasteiger partial charge in [0.2, 0.25) is 5.91 Å². The minimum Gasteiger partial charge on any atom is -0.341 e. The number of carbonyl (C=O) groups is 1. The second-order valence-corrected chi connectivity index (χ2v) is 7.12. The van der Waals surface area contributed by atoms with Crippen molar-refractivity contribution < 1.29 is 4.79 Å². The molecule has 0 unspecified atom stereocenters. The van der Waals surface area contributed by atoms with Gasteiger partial charge in [0.15, 0.2) is 0 Å². The molecule has 3 rings (SSSR count). The largest absolute Gasteiger partial charge is 0.341 e. The molecule has 0 aromatic carbocycles. The van der Waals surface area contributed by atoms with Gasteiger partial charge in [-0.05, 0) is 57.7 Å². The number of hydrogen-bond donors (Lipinski definition) is 0. The van der Waals surface area contributed by atoms with Crippen LogP contribution in [0.25, 0.3) is 0 Å². The molecule has 2 saturated heterocycles. The highest BCUT2D eigenvalue weighted by atomic mass is 16.2. The molecule has 2 aliphatic heterocycles. The number of nitrogens with zero attached hydrogens (tertiary/aromatic N) is 4. The molecule has 0 N–H and O–H groups in total. The number of hydrogen-bond acceptors (Lipinski definition) is 4. The minimum atomic E-state index is -0.00774. The summed E-state index contributed by atoms with van der Waals surface area (Å²) >= 11 is 0. The smallest absolute Gasteiger partial charge is 0.266 e. The molecule has 2 aliphatic rings. The Bertz CT molecular complexity index is 620. The number of aryl methyl sites for hydroxylation is 1. The van der Waals surface area contributed by atoms with Gasteiger partial charge < -0.3 is 9.80 Å². The first kappa shape index (κ1) is 17.1. The van der Waals surface area contributed by atoms with E-state index in [1.807, 2.05) is 11.8 Å². The summed E-state index contributed by atoms with van der Waals surface area (Å²) in [5.41, 5.74) is 0.880. The van der Waals surface area contributed by atoms with Crippen LogP contribution in [0.15, 0.2) is 16.9 Å². The maximum absolute atomic E-state index is 11.9. The van der Waals surface area contributed by atoms with Gasteiger partial charge in [-0.2, -0.15) is 5.10 Å². The van der Waals surface area contributed by atoms with E-state index in [0.717, 1.165) is 77.1 Å². The van der Waals surface area contributed by atoms with E-state index in [4.69, 9.17) is 0 Å². The Balaban J connectivity index is 1.43. The summed E-state index contributed by atoms with van der Waals surface area (Å²) in [6.07, 6.45) is 5.10. The van der Waals surface area contributed by atoms with Crippen molar-refractivity contribution in [3.63, 3.8) is 0 Å². The molecule has 1 amide bonds. The number of amides is 1. The van der Waals surface area contributed by atoms with E-state index in [0.29, 0.717) is 11.8 Å². The van der Waals surface area contributed by atoms with Gasteiger partial charge in [0, 0.05) is 38.7 Å². The fraction of sp³-hybridized carbons (Fsp3) is 0.722. The van der Waals surface area contributed by atoms with Gasteiger partial charge in [-0.25, -0.2) is 4.68 Å². The van der Waals surface area contributed by atoms with Gasteiger partial charge in [-0.3, -0.25) is 9.59 Å². The highest BCUT2D eigenvalue weighted by molar-refractivity contribution is 5.76. The maximum Gasteiger partial charge on any atom is 0.266 e. The molecular weight excluding hydrogens is 304 g/mol. The lowest BCUT2D eigenvalue weighted by molar-refractivity contribution is -0.133. The molecule has 0 bridgehead atoms. The molecule has 0 spiro atoms. The Labute approximate surface area is 143 Å². The lowest BCUT2D eigenvalue weighted by Crippen LogP contribution is -2.44. The average Bonchev–Trinajstić information content (AvgIpc) is 2.59. The molecule has 0 radical (unpaired) electrons. The third-order valence-electron chi connectivity index (χ3n) is 5.25. The summed E-state index contributed by atoms with van der Waals surface area (Å²) in [4.78, 5) is 28.2. The summed E-state index contributed by atoms with van der Waals surface area (Å²) < 4.78 is 1.61. The van der Waals surface area contributed by atoms with Gasteiger partial charge in [0.25, 0.3) is 5.56 Å². The fourth-order valence-corrected chi connectivity index (χ4v) is 3.68. The molecule has 0 saturated carbocycles. The minimum absolute atomic E-state index is 0.00774. The SMILES string of the molecule is Cc1ccc(=O)n(CC2CCN(CCN3CCCCC3=O)CC2)n1. The summed E-state index contributed by atoms with van der Waals surface area (Å²) in [7, 11) is 0. The van der Waals surface area contributed by atoms with Crippen LogP contribution < -0.4 is 5.56 Å². The van der Waals surface area contributed by atoms with Crippen molar-refractivity contribution >= 4 is 5.91 Å². The van der Waals surface area contributed by atoms with Crippen LogP contribution in [0.1, 0.15) is 37.8 Å². The zero-order valence-electron chi connectivity index (χ0n) is 14.6. The first-order chi connectivity index (χ1) is 11.6. The molecule has 0 aliphatic carbocycles. The topological polar surface area (TPSA) is 58.4 Å². The van der Waals surface area contributed by atoms with Crippen molar-refractivity contribution in [3.8, 4) is 0 Å². The molecule has 2 fully saturated rings. The third-order valence-corrected chi connectivity index (χ3v) is 5.25. The summed E-state index contributed by atoms with van der Waals surface area (Å²) in [6, 6.07) is 3.37. The van der Waals surface area contributed by atoms with Crippen molar-refractivity contribution in [2.24, 2.45) is 5.92 Å². The van der Waals surface area contributed by atoms with E-state index in [1.54, 1.807) is 16.8 Å². The lowest BCUT2D eigenvalue weighted by atomic mass is 9.97. The molecule has 0 atom stereocenters. The Morgan fingerprint density at radius 3 is 2.62 bits per heavy atom. The molecule has 1 aromatic heterocycles. The standard InChI is InChI=1S/C18H28N4O2/c1-15-5-6-18(24)22(19-15)14-16-7-10-20(11-8-16)12-13-21-9-3-2-4-17(21)23/h5-6,16H,2-4,7-14H2,1H3. The van der Waals surface area contributed by atoms with Crippen LogP contribution in [0, 0.1) is 12.8 Å². The predicted octanol–water partition coefficient (Wildman–Crippen LogP) is 1.28.